The summed E-state index contributed by atoms with van der Waals surface area (Å²) in [6.45, 7) is 3.07. The first-order valence-electron chi connectivity index (χ1n) is 11.5. The normalized spacial score (nSPS) is 29.6. The molecular formula is C23H33F3N4O2. The number of nitrogens with one attached hydrogen (secondary N) is 3. The largest absolute Gasteiger partial charge is 0.416 e. The van der Waals surface area contributed by atoms with Gasteiger partial charge in [0.1, 0.15) is 6.04 Å². The Morgan fingerprint density at radius 1 is 1.12 bits per heavy atom. The molecule has 3 aliphatic rings. The summed E-state index contributed by atoms with van der Waals surface area (Å²) in [5.74, 6) is 0.722. The van der Waals surface area contributed by atoms with Gasteiger partial charge >= 0.3 is 6.18 Å². The highest BCUT2D eigenvalue weighted by Crippen LogP contribution is 2.32. The molecule has 9 heteroatoms. The second-order valence-corrected chi connectivity index (χ2v) is 9.37. The number of hydrogen-bond donors (Lipinski definition) is 3. The van der Waals surface area contributed by atoms with E-state index >= 15 is 0 Å². The van der Waals surface area contributed by atoms with Gasteiger partial charge in [0, 0.05) is 32.2 Å². The van der Waals surface area contributed by atoms with E-state index in [0.717, 1.165) is 62.9 Å². The lowest BCUT2D eigenvalue weighted by Gasteiger charge is -2.33. The third-order valence-electron chi connectivity index (χ3n) is 7.28. The molecule has 4 atom stereocenters. The Labute approximate surface area is 187 Å². The smallest absolute Gasteiger partial charge is 0.381 e. The Morgan fingerprint density at radius 2 is 1.84 bits per heavy atom. The van der Waals surface area contributed by atoms with Crippen molar-refractivity contribution in [3.63, 3.8) is 0 Å². The number of nitrogens with zero attached hydrogens (tertiary/aromatic N) is 1. The standard InChI is InChI=1S/C23H33F3N4O2/c1-32-18-6-7-20-19(12-18)21(29-28-20)22(31)27-13-15-8-10-30(11-9-15)14-16-2-4-17(5-3-16)23(24,25)26/h2-5,15,18-21,28-29H,6-14H2,1H3,(H,27,31). The number of halogens is 3. The molecule has 2 saturated heterocycles. The van der Waals surface area contributed by atoms with E-state index in [9.17, 15) is 18.0 Å². The summed E-state index contributed by atoms with van der Waals surface area (Å²) in [5.41, 5.74) is 6.74. The molecular weight excluding hydrogens is 421 g/mol. The first-order valence-corrected chi connectivity index (χ1v) is 11.5. The summed E-state index contributed by atoms with van der Waals surface area (Å²) in [5, 5.41) is 3.14. The van der Waals surface area contributed by atoms with Gasteiger partial charge in [-0.2, -0.15) is 13.2 Å². The summed E-state index contributed by atoms with van der Waals surface area (Å²) in [6, 6.07) is 5.52. The topological polar surface area (TPSA) is 65.6 Å². The van der Waals surface area contributed by atoms with E-state index in [1.54, 1.807) is 19.2 Å². The van der Waals surface area contributed by atoms with Gasteiger partial charge in [-0.3, -0.25) is 15.1 Å². The van der Waals surface area contributed by atoms with Gasteiger partial charge in [0.05, 0.1) is 11.7 Å². The lowest BCUT2D eigenvalue weighted by atomic mass is 9.80. The molecule has 4 unspecified atom stereocenters. The number of benzene rings is 1. The minimum Gasteiger partial charge on any atom is -0.381 e. The van der Waals surface area contributed by atoms with Crippen LogP contribution in [0.4, 0.5) is 13.2 Å². The average molecular weight is 455 g/mol. The number of ether oxygens (including phenoxy) is 1. The van der Waals surface area contributed by atoms with E-state index in [-0.39, 0.29) is 24.0 Å². The molecule has 2 heterocycles. The van der Waals surface area contributed by atoms with Crippen LogP contribution in [0, 0.1) is 11.8 Å². The van der Waals surface area contributed by atoms with E-state index in [4.69, 9.17) is 4.74 Å². The summed E-state index contributed by atoms with van der Waals surface area (Å²) in [6.07, 6.45) is 0.783. The van der Waals surface area contributed by atoms with Crippen molar-refractivity contribution in [3.05, 3.63) is 35.4 Å². The monoisotopic (exact) mass is 454 g/mol. The van der Waals surface area contributed by atoms with E-state index in [1.807, 2.05) is 0 Å². The van der Waals surface area contributed by atoms with Crippen molar-refractivity contribution in [3.8, 4) is 0 Å². The van der Waals surface area contributed by atoms with Crippen molar-refractivity contribution in [2.24, 2.45) is 11.8 Å². The molecule has 0 bridgehead atoms. The Balaban J connectivity index is 1.19. The molecule has 0 spiro atoms. The molecule has 178 valence electrons. The first kappa shape index (κ1) is 23.5. The number of rotatable bonds is 6. The zero-order chi connectivity index (χ0) is 22.7. The molecule has 32 heavy (non-hydrogen) atoms. The molecule has 6 nitrogen and oxygen atoms in total. The van der Waals surface area contributed by atoms with Crippen LogP contribution in [-0.4, -0.2) is 55.7 Å². The third kappa shape index (κ3) is 5.62. The van der Waals surface area contributed by atoms with Crippen LogP contribution in [0.3, 0.4) is 0 Å². The van der Waals surface area contributed by atoms with Gasteiger partial charge in [-0.05, 0) is 68.8 Å². The highest BCUT2D eigenvalue weighted by Gasteiger charge is 2.43. The van der Waals surface area contributed by atoms with Crippen LogP contribution in [-0.2, 0) is 22.3 Å². The fourth-order valence-electron chi connectivity index (χ4n) is 5.25. The minimum atomic E-state index is -4.30. The summed E-state index contributed by atoms with van der Waals surface area (Å²) in [7, 11) is 1.74. The van der Waals surface area contributed by atoms with Gasteiger partial charge in [-0.25, -0.2) is 5.43 Å². The quantitative estimate of drug-likeness (QED) is 0.617. The van der Waals surface area contributed by atoms with Gasteiger partial charge in [0.15, 0.2) is 0 Å². The van der Waals surface area contributed by atoms with Gasteiger partial charge in [-0.1, -0.05) is 12.1 Å². The number of methoxy groups -OCH3 is 1. The van der Waals surface area contributed by atoms with Gasteiger partial charge in [0.25, 0.3) is 0 Å². The highest BCUT2D eigenvalue weighted by atomic mass is 19.4. The number of piperidine rings is 1. The molecule has 3 fully saturated rings. The molecule has 1 saturated carbocycles. The van der Waals surface area contributed by atoms with Crippen molar-refractivity contribution in [2.75, 3.05) is 26.7 Å². The molecule has 4 rings (SSSR count). The molecule has 2 aliphatic heterocycles. The molecule has 0 radical (unpaired) electrons. The zero-order valence-corrected chi connectivity index (χ0v) is 18.5. The van der Waals surface area contributed by atoms with Crippen molar-refractivity contribution in [1.82, 2.24) is 21.1 Å². The zero-order valence-electron chi connectivity index (χ0n) is 18.5. The Kier molecular flexibility index (Phi) is 7.39. The van der Waals surface area contributed by atoms with Crippen molar-refractivity contribution in [2.45, 2.75) is 63.0 Å². The maximum atomic E-state index is 12.8. The number of carbonyl (C=O) groups is 1. The number of alkyl halides is 3. The number of hydrogen-bond acceptors (Lipinski definition) is 5. The number of likely N-dealkylation sites (tertiary alicyclic amines) is 1. The lowest BCUT2D eigenvalue weighted by Crippen LogP contribution is -2.48. The Hall–Kier alpha value is -1.68. The number of amides is 1. The predicted molar refractivity (Wildman–Crippen MR) is 114 cm³/mol. The number of hydrazine groups is 1. The third-order valence-corrected chi connectivity index (χ3v) is 7.28. The van der Waals surface area contributed by atoms with Gasteiger partial charge in [-0.15, -0.1) is 0 Å². The molecule has 1 aromatic carbocycles. The summed E-state index contributed by atoms with van der Waals surface area (Å²) < 4.78 is 43.6. The van der Waals surface area contributed by atoms with Crippen LogP contribution in [0.1, 0.15) is 43.2 Å². The Morgan fingerprint density at radius 3 is 2.50 bits per heavy atom. The molecule has 1 amide bonds. The van der Waals surface area contributed by atoms with Gasteiger partial charge < -0.3 is 10.1 Å². The second kappa shape index (κ2) is 10.1. The lowest BCUT2D eigenvalue weighted by molar-refractivity contribution is -0.137. The fourth-order valence-corrected chi connectivity index (χ4v) is 5.25. The maximum Gasteiger partial charge on any atom is 0.416 e. The van der Waals surface area contributed by atoms with E-state index in [1.165, 1.54) is 0 Å². The second-order valence-electron chi connectivity index (χ2n) is 9.37. The van der Waals surface area contributed by atoms with Crippen LogP contribution < -0.4 is 16.2 Å². The average Bonchev–Trinajstić information content (AvgIpc) is 3.21. The first-order chi connectivity index (χ1) is 15.3. The molecule has 3 N–H and O–H groups in total. The van der Waals surface area contributed by atoms with E-state index < -0.39 is 11.7 Å². The summed E-state index contributed by atoms with van der Waals surface area (Å²) in [4.78, 5) is 15.1. The summed E-state index contributed by atoms with van der Waals surface area (Å²) >= 11 is 0. The Bertz CT molecular complexity index is 766. The molecule has 0 aromatic heterocycles. The van der Waals surface area contributed by atoms with Crippen LogP contribution in [0.15, 0.2) is 24.3 Å². The minimum absolute atomic E-state index is 0.0499. The highest BCUT2D eigenvalue weighted by molar-refractivity contribution is 5.82. The van der Waals surface area contributed by atoms with Crippen molar-refractivity contribution < 1.29 is 22.7 Å². The molecule has 1 aromatic rings. The van der Waals surface area contributed by atoms with Gasteiger partial charge in [0.2, 0.25) is 5.91 Å². The SMILES string of the molecule is COC1CCC2NNC(C(=O)NCC3CCN(Cc4ccc(C(F)(F)F)cc4)CC3)C2C1. The van der Waals surface area contributed by atoms with Crippen LogP contribution in [0.2, 0.25) is 0 Å². The molecule has 1 aliphatic carbocycles. The number of carbonyl (C=O) groups excluding carboxylic acids is 1. The predicted octanol–water partition coefficient (Wildman–Crippen LogP) is 2.69. The van der Waals surface area contributed by atoms with Crippen molar-refractivity contribution >= 4 is 5.91 Å². The van der Waals surface area contributed by atoms with Crippen LogP contribution in [0.5, 0.6) is 0 Å². The number of fused-ring (bicyclic) bond motifs is 1. The van der Waals surface area contributed by atoms with E-state index in [2.05, 4.69) is 21.1 Å². The van der Waals surface area contributed by atoms with Crippen LogP contribution >= 0.6 is 0 Å². The fraction of sp³-hybridized carbons (Fsp3) is 0.696. The van der Waals surface area contributed by atoms with Crippen LogP contribution in [0.25, 0.3) is 0 Å². The maximum absolute atomic E-state index is 12.8. The van der Waals surface area contributed by atoms with Crippen molar-refractivity contribution in [1.29, 1.82) is 0 Å². The van der Waals surface area contributed by atoms with E-state index in [0.29, 0.717) is 25.0 Å².